The fraction of sp³-hybridized carbons (Fsp3) is 0.0714. The molecule has 2 aromatic rings. The quantitative estimate of drug-likeness (QED) is 0.758. The van der Waals surface area contributed by atoms with Crippen LogP contribution in [0.2, 0.25) is 5.02 Å². The minimum atomic E-state index is -0.308. The van der Waals surface area contributed by atoms with Crippen LogP contribution in [-0.4, -0.2) is 11.0 Å². The Bertz CT molecular complexity index is 643. The summed E-state index contributed by atoms with van der Waals surface area (Å²) < 4.78 is 0.697. The van der Waals surface area contributed by atoms with Crippen molar-refractivity contribution in [1.29, 1.82) is 0 Å². The van der Waals surface area contributed by atoms with E-state index in [0.717, 1.165) is 5.56 Å². The Kier molecular flexibility index (Phi) is 4.31. The van der Waals surface area contributed by atoms with E-state index < -0.39 is 0 Å². The molecule has 0 aromatic heterocycles. The van der Waals surface area contributed by atoms with Crippen molar-refractivity contribution in [2.45, 2.75) is 6.92 Å². The number of aromatic hydroxyl groups is 1. The summed E-state index contributed by atoms with van der Waals surface area (Å²) in [6, 6.07) is 10.2. The molecule has 5 heteroatoms. The van der Waals surface area contributed by atoms with Gasteiger partial charge in [-0.05, 0) is 65.4 Å². The lowest BCUT2D eigenvalue weighted by atomic mass is 10.2. The molecule has 0 saturated heterocycles. The molecule has 19 heavy (non-hydrogen) atoms. The first kappa shape index (κ1) is 14.1. The first-order chi connectivity index (χ1) is 8.97. The van der Waals surface area contributed by atoms with Crippen LogP contribution in [0.1, 0.15) is 15.9 Å². The van der Waals surface area contributed by atoms with E-state index in [0.29, 0.717) is 19.8 Å². The zero-order valence-corrected chi connectivity index (χ0v) is 13.0. The van der Waals surface area contributed by atoms with Crippen molar-refractivity contribution in [3.05, 3.63) is 56.1 Å². The maximum atomic E-state index is 12.0. The summed E-state index contributed by atoms with van der Waals surface area (Å²) in [5.41, 5.74) is 1.96. The van der Waals surface area contributed by atoms with Crippen LogP contribution in [0.3, 0.4) is 0 Å². The van der Waals surface area contributed by atoms with Gasteiger partial charge in [0.2, 0.25) is 0 Å². The summed E-state index contributed by atoms with van der Waals surface area (Å²) in [6.07, 6.45) is 0. The highest BCUT2D eigenvalue weighted by Crippen LogP contribution is 2.25. The van der Waals surface area contributed by atoms with E-state index in [-0.39, 0.29) is 11.7 Å². The highest BCUT2D eigenvalue weighted by molar-refractivity contribution is 14.1. The van der Waals surface area contributed by atoms with Crippen LogP contribution in [0.4, 0.5) is 5.69 Å². The van der Waals surface area contributed by atoms with E-state index in [1.807, 2.05) is 35.6 Å². The molecule has 0 aliphatic rings. The van der Waals surface area contributed by atoms with Crippen molar-refractivity contribution in [3.8, 4) is 5.75 Å². The van der Waals surface area contributed by atoms with Crippen molar-refractivity contribution < 1.29 is 9.90 Å². The molecule has 0 radical (unpaired) electrons. The number of hydrogen-bond acceptors (Lipinski definition) is 2. The molecule has 0 aliphatic carbocycles. The molecule has 2 rings (SSSR count). The first-order valence-electron chi connectivity index (χ1n) is 5.53. The maximum Gasteiger partial charge on any atom is 0.255 e. The number of aryl methyl sites for hydroxylation is 1. The van der Waals surface area contributed by atoms with Gasteiger partial charge in [0.1, 0.15) is 5.75 Å². The number of hydrogen-bond donors (Lipinski definition) is 2. The number of carbonyl (C=O) groups excluding carboxylic acids is 1. The number of phenols is 1. The summed E-state index contributed by atoms with van der Waals surface area (Å²) in [4.78, 5) is 12.0. The number of amides is 1. The van der Waals surface area contributed by atoms with Crippen molar-refractivity contribution in [3.63, 3.8) is 0 Å². The van der Waals surface area contributed by atoms with E-state index in [4.69, 9.17) is 11.6 Å². The lowest BCUT2D eigenvalue weighted by molar-refractivity contribution is 0.102. The maximum absolute atomic E-state index is 12.0. The van der Waals surface area contributed by atoms with E-state index in [1.165, 1.54) is 6.07 Å². The topological polar surface area (TPSA) is 49.3 Å². The normalized spacial score (nSPS) is 10.3. The van der Waals surface area contributed by atoms with E-state index in [9.17, 15) is 9.90 Å². The standard InChI is InChI=1S/C14H11ClINO2/c1-8-2-5-12(10(15)6-8)17-14(19)9-3-4-11(16)13(18)7-9/h2-7,18H,1H3,(H,17,19). The molecule has 0 saturated carbocycles. The van der Waals surface area contributed by atoms with Gasteiger partial charge in [-0.3, -0.25) is 4.79 Å². The number of anilines is 1. The predicted molar refractivity (Wildman–Crippen MR) is 85.0 cm³/mol. The summed E-state index contributed by atoms with van der Waals surface area (Å²) >= 11 is 8.05. The third-order valence-electron chi connectivity index (χ3n) is 2.58. The van der Waals surface area contributed by atoms with Gasteiger partial charge in [0, 0.05) is 5.56 Å². The van der Waals surface area contributed by atoms with Gasteiger partial charge in [0.15, 0.2) is 0 Å². The summed E-state index contributed by atoms with van der Waals surface area (Å²) in [7, 11) is 0. The van der Waals surface area contributed by atoms with E-state index in [1.54, 1.807) is 24.3 Å². The van der Waals surface area contributed by atoms with Gasteiger partial charge in [0.25, 0.3) is 5.91 Å². The van der Waals surface area contributed by atoms with Gasteiger partial charge >= 0.3 is 0 Å². The molecule has 1 amide bonds. The second-order valence-corrected chi connectivity index (χ2v) is 5.67. The molecular formula is C14H11ClINO2. The van der Waals surface area contributed by atoms with Crippen molar-refractivity contribution in [1.82, 2.24) is 0 Å². The van der Waals surface area contributed by atoms with Crippen molar-refractivity contribution in [2.75, 3.05) is 5.32 Å². The molecule has 0 bridgehead atoms. The van der Waals surface area contributed by atoms with Crippen LogP contribution < -0.4 is 5.32 Å². The molecule has 0 atom stereocenters. The minimum absolute atomic E-state index is 0.0863. The fourth-order valence-corrected chi connectivity index (χ4v) is 2.19. The third kappa shape index (κ3) is 3.39. The smallest absolute Gasteiger partial charge is 0.255 e. The number of benzene rings is 2. The molecule has 98 valence electrons. The lowest BCUT2D eigenvalue weighted by Crippen LogP contribution is -2.12. The van der Waals surface area contributed by atoms with Gasteiger partial charge in [-0.1, -0.05) is 17.7 Å². The first-order valence-corrected chi connectivity index (χ1v) is 6.99. The Labute approximate surface area is 129 Å². The number of halogens is 2. The van der Waals surface area contributed by atoms with Crippen LogP contribution in [0, 0.1) is 10.5 Å². The molecule has 0 fully saturated rings. The van der Waals surface area contributed by atoms with Crippen LogP contribution in [0.15, 0.2) is 36.4 Å². The number of phenolic OH excluding ortho intramolecular Hbond substituents is 1. The zero-order valence-electron chi connectivity index (χ0n) is 10.1. The Balaban J connectivity index is 2.23. The SMILES string of the molecule is Cc1ccc(NC(=O)c2ccc(I)c(O)c2)c(Cl)c1. The second-order valence-electron chi connectivity index (χ2n) is 4.10. The summed E-state index contributed by atoms with van der Waals surface area (Å²) in [6.45, 7) is 1.93. The molecule has 0 heterocycles. The molecule has 0 spiro atoms. The number of nitrogens with one attached hydrogen (secondary N) is 1. The van der Waals surface area contributed by atoms with Gasteiger partial charge in [0.05, 0.1) is 14.3 Å². The molecular weight excluding hydrogens is 377 g/mol. The monoisotopic (exact) mass is 387 g/mol. The van der Waals surface area contributed by atoms with Crippen LogP contribution in [0.25, 0.3) is 0 Å². The highest BCUT2D eigenvalue weighted by atomic mass is 127. The third-order valence-corrected chi connectivity index (χ3v) is 3.81. The fourth-order valence-electron chi connectivity index (χ4n) is 1.57. The van der Waals surface area contributed by atoms with Gasteiger partial charge in [-0.25, -0.2) is 0 Å². The van der Waals surface area contributed by atoms with Crippen molar-refractivity contribution in [2.24, 2.45) is 0 Å². The predicted octanol–water partition coefficient (Wildman–Crippen LogP) is 4.21. The molecule has 3 nitrogen and oxygen atoms in total. The minimum Gasteiger partial charge on any atom is -0.507 e. The largest absolute Gasteiger partial charge is 0.507 e. The second kappa shape index (κ2) is 5.79. The van der Waals surface area contributed by atoms with Gasteiger partial charge in [-0.2, -0.15) is 0 Å². The highest BCUT2D eigenvalue weighted by Gasteiger charge is 2.10. The van der Waals surface area contributed by atoms with Gasteiger partial charge in [-0.15, -0.1) is 0 Å². The molecule has 0 aliphatic heterocycles. The van der Waals surface area contributed by atoms with E-state index >= 15 is 0 Å². The summed E-state index contributed by atoms with van der Waals surface area (Å²) in [5, 5.41) is 12.8. The average molecular weight is 388 g/mol. The van der Waals surface area contributed by atoms with E-state index in [2.05, 4.69) is 5.32 Å². The van der Waals surface area contributed by atoms with Crippen LogP contribution in [0.5, 0.6) is 5.75 Å². The number of rotatable bonds is 2. The Morgan fingerprint density at radius 3 is 2.63 bits per heavy atom. The Hall–Kier alpha value is -1.27. The summed E-state index contributed by atoms with van der Waals surface area (Å²) in [5.74, 6) is -0.222. The zero-order chi connectivity index (χ0) is 14.0. The molecule has 2 N–H and O–H groups in total. The van der Waals surface area contributed by atoms with Crippen LogP contribution in [-0.2, 0) is 0 Å². The molecule has 2 aromatic carbocycles. The average Bonchev–Trinajstić information content (AvgIpc) is 2.36. The number of carbonyl (C=O) groups is 1. The van der Waals surface area contributed by atoms with Gasteiger partial charge < -0.3 is 10.4 Å². The Morgan fingerprint density at radius 2 is 2.00 bits per heavy atom. The lowest BCUT2D eigenvalue weighted by Gasteiger charge is -2.08. The van der Waals surface area contributed by atoms with Crippen molar-refractivity contribution >= 4 is 45.8 Å². The van der Waals surface area contributed by atoms with Crippen LogP contribution >= 0.6 is 34.2 Å². The molecule has 0 unspecified atom stereocenters. The Morgan fingerprint density at radius 1 is 1.26 bits per heavy atom.